The molecule has 0 amide bonds. The summed E-state index contributed by atoms with van der Waals surface area (Å²) >= 11 is 0. The fourth-order valence-electron chi connectivity index (χ4n) is 3.83. The van der Waals surface area contributed by atoms with Crippen LogP contribution < -0.4 is 20.1 Å². The third-order valence-corrected chi connectivity index (χ3v) is 8.58. The molecule has 16 heteroatoms. The minimum atomic E-state index is -4.94. The Morgan fingerprint density at radius 3 is 1.48 bits per heavy atom. The lowest BCUT2D eigenvalue weighted by Crippen LogP contribution is -2.30. The van der Waals surface area contributed by atoms with E-state index < -0.39 is 87.2 Å². The molecule has 2 rings (SSSR count). The van der Waals surface area contributed by atoms with Crippen LogP contribution in [-0.4, -0.2) is 80.4 Å². The first kappa shape index (κ1) is 39.1. The summed E-state index contributed by atoms with van der Waals surface area (Å²) in [6, 6.07) is 7.98. The number of ether oxygens (including phenoxy) is 4. The molecule has 14 nitrogen and oxygen atoms in total. The second-order valence-electron chi connectivity index (χ2n) is 12.2. The van der Waals surface area contributed by atoms with Crippen molar-refractivity contribution in [1.29, 1.82) is 0 Å². The highest BCUT2D eigenvalue weighted by Crippen LogP contribution is 2.43. The maximum absolute atomic E-state index is 12.4. The van der Waals surface area contributed by atoms with Gasteiger partial charge in [0.25, 0.3) is 0 Å². The number of hydrogen-bond donors (Lipinski definition) is 6. The molecule has 0 spiro atoms. The van der Waals surface area contributed by atoms with Crippen molar-refractivity contribution < 1.29 is 67.5 Å². The van der Waals surface area contributed by atoms with Gasteiger partial charge in [0.05, 0.1) is 5.41 Å². The summed E-state index contributed by atoms with van der Waals surface area (Å²) in [7, 11) is -9.87. The van der Waals surface area contributed by atoms with Crippen molar-refractivity contribution in [3.05, 3.63) is 59.7 Å². The number of aliphatic hydroxyl groups excluding tert-OH is 2. The Balaban J connectivity index is 2.32. The van der Waals surface area contributed by atoms with Crippen LogP contribution in [-0.2, 0) is 33.6 Å². The van der Waals surface area contributed by atoms with E-state index in [-0.39, 0.29) is 17.1 Å². The molecular formula is C30H42O14P2. The number of carbonyl (C=O) groups is 2. The van der Waals surface area contributed by atoms with E-state index in [0.717, 1.165) is 0 Å². The molecule has 256 valence electrons. The van der Waals surface area contributed by atoms with Gasteiger partial charge in [0.2, 0.25) is 0 Å². The predicted molar refractivity (Wildman–Crippen MR) is 168 cm³/mol. The Hall–Kier alpha value is -3.06. The second-order valence-corrected chi connectivity index (χ2v) is 15.4. The van der Waals surface area contributed by atoms with Gasteiger partial charge in [-0.25, -0.2) is 4.79 Å². The predicted octanol–water partition coefficient (Wildman–Crippen LogP) is 1.81. The monoisotopic (exact) mass is 688 g/mol. The van der Waals surface area contributed by atoms with Gasteiger partial charge in [-0.2, -0.15) is 0 Å². The fourth-order valence-corrected chi connectivity index (χ4v) is 5.30. The van der Waals surface area contributed by atoms with Crippen LogP contribution in [0.25, 0.3) is 0 Å². The van der Waals surface area contributed by atoms with Gasteiger partial charge in [-0.05, 0) is 63.1 Å². The normalized spacial score (nSPS) is 13.8. The molecule has 2 unspecified atom stereocenters. The minimum Gasteiger partial charge on any atom is -0.490 e. The van der Waals surface area contributed by atoms with Crippen molar-refractivity contribution in [2.45, 2.75) is 59.2 Å². The van der Waals surface area contributed by atoms with Crippen LogP contribution >= 0.6 is 15.2 Å². The molecule has 2 aromatic carbocycles. The average molecular weight is 689 g/mol. The number of rotatable bonds is 15. The topological polar surface area (TPSA) is 227 Å². The molecule has 0 aromatic heterocycles. The molecular weight excluding hydrogens is 646 g/mol. The van der Waals surface area contributed by atoms with Crippen molar-refractivity contribution in [3.63, 3.8) is 0 Å². The van der Waals surface area contributed by atoms with Gasteiger partial charge < -0.3 is 48.7 Å². The van der Waals surface area contributed by atoms with E-state index in [1.807, 2.05) is 0 Å². The fraction of sp³-hybridized carbons (Fsp3) is 0.467. The Bertz CT molecular complexity index is 1520. The van der Waals surface area contributed by atoms with Gasteiger partial charge in [-0.3, -0.25) is 13.9 Å². The van der Waals surface area contributed by atoms with Crippen molar-refractivity contribution in [2.24, 2.45) is 5.41 Å². The van der Waals surface area contributed by atoms with E-state index in [2.05, 4.69) is 6.58 Å². The Morgan fingerprint density at radius 1 is 0.739 bits per heavy atom. The van der Waals surface area contributed by atoms with E-state index in [0.29, 0.717) is 11.1 Å². The second kappa shape index (κ2) is 15.2. The molecule has 6 N–H and O–H groups in total. The van der Waals surface area contributed by atoms with E-state index in [1.54, 1.807) is 34.6 Å². The lowest BCUT2D eigenvalue weighted by atomic mass is 9.78. The molecule has 0 aliphatic carbocycles. The summed E-state index contributed by atoms with van der Waals surface area (Å²) in [6.07, 6.45) is -2.60. The maximum atomic E-state index is 12.4. The number of carbonyl (C=O) groups excluding carboxylic acids is 2. The summed E-state index contributed by atoms with van der Waals surface area (Å²) in [5, 5.41) is 19.3. The first-order valence-corrected chi connectivity index (χ1v) is 17.2. The highest BCUT2D eigenvalue weighted by atomic mass is 31.2. The molecule has 0 saturated carbocycles. The maximum Gasteiger partial charge on any atom is 0.359 e. The largest absolute Gasteiger partial charge is 0.490 e. The van der Waals surface area contributed by atoms with E-state index >= 15 is 0 Å². The summed E-state index contributed by atoms with van der Waals surface area (Å²) in [4.78, 5) is 63.7. The SMILES string of the molecule is C=C(C)C(=O)OCC(O)COc1ccc(C(C)(C)c2ccc(OCC(O)COC(=O)C(C)(C)C)c(P(=O)(O)O)c2)cc1P(=O)(O)O. The van der Waals surface area contributed by atoms with Crippen LogP contribution in [0.2, 0.25) is 0 Å². The Morgan fingerprint density at radius 2 is 1.13 bits per heavy atom. The smallest absolute Gasteiger partial charge is 0.359 e. The zero-order valence-electron chi connectivity index (χ0n) is 26.5. The van der Waals surface area contributed by atoms with Gasteiger partial charge in [-0.1, -0.05) is 32.6 Å². The van der Waals surface area contributed by atoms with Gasteiger partial charge >= 0.3 is 27.1 Å². The zero-order valence-corrected chi connectivity index (χ0v) is 28.3. The summed E-state index contributed by atoms with van der Waals surface area (Å²) in [5.74, 6) is -1.72. The van der Waals surface area contributed by atoms with Crippen LogP contribution in [0.5, 0.6) is 11.5 Å². The van der Waals surface area contributed by atoms with Crippen molar-refractivity contribution in [2.75, 3.05) is 26.4 Å². The van der Waals surface area contributed by atoms with Crippen molar-refractivity contribution in [3.8, 4) is 11.5 Å². The molecule has 2 aromatic rings. The zero-order chi connectivity index (χ0) is 35.3. The van der Waals surface area contributed by atoms with Crippen LogP contribution in [0, 0.1) is 5.41 Å². The molecule has 2 atom stereocenters. The molecule has 0 heterocycles. The minimum absolute atomic E-state index is 0.125. The lowest BCUT2D eigenvalue weighted by Gasteiger charge is -2.28. The van der Waals surface area contributed by atoms with Crippen molar-refractivity contribution in [1.82, 2.24) is 0 Å². The van der Waals surface area contributed by atoms with Gasteiger partial charge in [0.1, 0.15) is 60.7 Å². The summed E-state index contributed by atoms with van der Waals surface area (Å²) < 4.78 is 45.6. The molecule has 0 fully saturated rings. The highest BCUT2D eigenvalue weighted by molar-refractivity contribution is 7.60. The van der Waals surface area contributed by atoms with Gasteiger partial charge in [-0.15, -0.1) is 0 Å². The van der Waals surface area contributed by atoms with Crippen LogP contribution in [0.4, 0.5) is 0 Å². The quantitative estimate of drug-likeness (QED) is 0.0892. The molecule has 46 heavy (non-hydrogen) atoms. The van der Waals surface area contributed by atoms with Crippen molar-refractivity contribution >= 4 is 37.7 Å². The van der Waals surface area contributed by atoms with Crippen LogP contribution in [0.3, 0.4) is 0 Å². The molecule has 0 bridgehead atoms. The average Bonchev–Trinajstić information content (AvgIpc) is 2.94. The molecule has 0 radical (unpaired) electrons. The standard InChI is InChI=1S/C30H42O14P2/c1-18(2)27(33)43-16-21(31)14-41-23-10-8-19(12-25(23)45(35,36)37)30(6,7)20-9-11-24(26(13-20)46(38,39)40)42-15-22(32)17-44-28(34)29(3,4)5/h8-13,21-22,31-32H,1,14-17H2,2-7H3,(H2,35,36,37)(H2,38,39,40). The van der Waals surface area contributed by atoms with E-state index in [1.165, 1.54) is 43.3 Å². The molecule has 0 saturated heterocycles. The first-order chi connectivity index (χ1) is 20.9. The third kappa shape index (κ3) is 11.0. The lowest BCUT2D eigenvalue weighted by molar-refractivity contribution is -0.156. The van der Waals surface area contributed by atoms with Crippen LogP contribution in [0.15, 0.2) is 48.6 Å². The first-order valence-electron chi connectivity index (χ1n) is 14.0. The van der Waals surface area contributed by atoms with Gasteiger partial charge in [0, 0.05) is 11.0 Å². The number of aliphatic hydroxyl groups is 2. The highest BCUT2D eigenvalue weighted by Gasteiger charge is 2.32. The van der Waals surface area contributed by atoms with Crippen LogP contribution in [0.1, 0.15) is 52.7 Å². The number of benzene rings is 2. The third-order valence-electron chi connectivity index (χ3n) is 6.63. The number of esters is 2. The summed E-state index contributed by atoms with van der Waals surface area (Å²) in [5.41, 5.74) is -1.06. The number of hydrogen-bond acceptors (Lipinski definition) is 10. The van der Waals surface area contributed by atoms with E-state index in [4.69, 9.17) is 18.9 Å². The Kier molecular flexibility index (Phi) is 13.0. The van der Waals surface area contributed by atoms with E-state index in [9.17, 15) is 48.5 Å². The van der Waals surface area contributed by atoms with Gasteiger partial charge in [0.15, 0.2) is 0 Å². The summed E-state index contributed by atoms with van der Waals surface area (Å²) in [6.45, 7) is 11.4. The Labute approximate surface area is 267 Å². The molecule has 0 aliphatic rings. The molecule has 0 aliphatic heterocycles.